The third-order valence-corrected chi connectivity index (χ3v) is 5.65. The van der Waals surface area contributed by atoms with Crippen LogP contribution >= 0.6 is 0 Å². The fraction of sp³-hybridized carbons (Fsp3) is 0.0385. The number of para-hydroxylation sites is 1. The molecular weight excluding hydrogens is 403 g/mol. The van der Waals surface area contributed by atoms with Gasteiger partial charge >= 0.3 is 0 Å². The molecule has 0 saturated heterocycles. The Morgan fingerprint density at radius 2 is 1.81 bits per heavy atom. The molecule has 0 aliphatic heterocycles. The average molecular weight is 418 g/mol. The van der Waals surface area contributed by atoms with E-state index in [1.165, 1.54) is 6.07 Å². The molecule has 0 saturated carbocycles. The minimum absolute atomic E-state index is 0.359. The number of hydrogen-bond acceptors (Lipinski definition) is 4. The summed E-state index contributed by atoms with van der Waals surface area (Å²) in [4.78, 5) is 8.91. The Hall–Kier alpha value is -4.50. The van der Waals surface area contributed by atoms with Crippen LogP contribution in [-0.4, -0.2) is 14.5 Å². The maximum atomic E-state index is 15.1. The number of benzene rings is 3. The molecule has 0 amide bonds. The van der Waals surface area contributed by atoms with E-state index in [9.17, 15) is 0 Å². The molecule has 3 aromatic heterocycles. The van der Waals surface area contributed by atoms with Crippen LogP contribution in [0, 0.1) is 17.1 Å². The number of fused-ring (bicyclic) bond motifs is 4. The number of nitrogens with zero attached hydrogens (tertiary/aromatic N) is 4. The minimum atomic E-state index is -0.393. The first-order chi connectivity index (χ1) is 15.7. The van der Waals surface area contributed by atoms with Gasteiger partial charge in [-0.25, -0.2) is 9.37 Å². The lowest BCUT2D eigenvalue weighted by Crippen LogP contribution is -1.95. The van der Waals surface area contributed by atoms with Crippen molar-refractivity contribution >= 4 is 32.9 Å². The molecule has 0 radical (unpaired) electrons. The fourth-order valence-electron chi connectivity index (χ4n) is 4.08. The zero-order chi connectivity index (χ0) is 21.7. The van der Waals surface area contributed by atoms with Crippen molar-refractivity contribution in [2.45, 2.75) is 6.42 Å². The second-order valence-electron chi connectivity index (χ2n) is 7.61. The highest BCUT2D eigenvalue weighted by molar-refractivity contribution is 6.04. The van der Waals surface area contributed by atoms with Gasteiger partial charge in [0.15, 0.2) is 0 Å². The zero-order valence-corrected chi connectivity index (χ0v) is 16.8. The van der Waals surface area contributed by atoms with Gasteiger partial charge in [0.05, 0.1) is 35.3 Å². The number of pyridine rings is 1. The molecule has 0 spiro atoms. The van der Waals surface area contributed by atoms with E-state index in [-0.39, 0.29) is 0 Å². The van der Waals surface area contributed by atoms with Gasteiger partial charge in [0.25, 0.3) is 0 Å². The molecule has 3 heterocycles. The van der Waals surface area contributed by atoms with Gasteiger partial charge in [-0.2, -0.15) is 5.26 Å². The quantitative estimate of drug-likeness (QED) is 0.344. The first-order valence-electron chi connectivity index (χ1n) is 10.1. The Morgan fingerprint density at radius 1 is 0.969 bits per heavy atom. The second-order valence-corrected chi connectivity index (χ2v) is 7.61. The maximum Gasteiger partial charge on any atom is 0.138 e. The molecule has 6 rings (SSSR count). The third-order valence-electron chi connectivity index (χ3n) is 5.65. The molecule has 0 unspecified atom stereocenters. The first kappa shape index (κ1) is 18.3. The van der Waals surface area contributed by atoms with Crippen molar-refractivity contribution in [2.24, 2.45) is 0 Å². The van der Waals surface area contributed by atoms with Crippen molar-refractivity contribution in [2.75, 3.05) is 0 Å². The first-order valence-corrected chi connectivity index (χ1v) is 10.1. The smallest absolute Gasteiger partial charge is 0.138 e. The summed E-state index contributed by atoms with van der Waals surface area (Å²) in [6, 6.07) is 22.6. The zero-order valence-electron chi connectivity index (χ0n) is 16.8. The SMILES string of the molecule is N#CCc1ccc(-n2cnc3cnc4cc(F)c(-c5cc6ccccc6o5)cc4c32)cc1. The van der Waals surface area contributed by atoms with E-state index in [0.717, 1.165) is 27.5 Å². The van der Waals surface area contributed by atoms with Gasteiger partial charge in [0.1, 0.15) is 29.0 Å². The highest BCUT2D eigenvalue weighted by atomic mass is 19.1. The van der Waals surface area contributed by atoms with Crippen LogP contribution in [0.1, 0.15) is 5.56 Å². The molecule has 0 aliphatic carbocycles. The van der Waals surface area contributed by atoms with Crippen molar-refractivity contribution in [3.05, 3.63) is 90.6 Å². The highest BCUT2D eigenvalue weighted by Gasteiger charge is 2.16. The number of rotatable bonds is 3. The molecule has 6 heteroatoms. The van der Waals surface area contributed by atoms with Gasteiger partial charge < -0.3 is 4.42 Å². The van der Waals surface area contributed by atoms with Crippen LogP contribution in [0.3, 0.4) is 0 Å². The molecule has 5 nitrogen and oxygen atoms in total. The highest BCUT2D eigenvalue weighted by Crippen LogP contribution is 2.34. The van der Waals surface area contributed by atoms with Crippen LogP contribution < -0.4 is 0 Å². The molecule has 0 atom stereocenters. The molecular formula is C26H15FN4O. The fourth-order valence-corrected chi connectivity index (χ4v) is 4.08. The van der Waals surface area contributed by atoms with E-state index in [2.05, 4.69) is 16.0 Å². The van der Waals surface area contributed by atoms with Gasteiger partial charge in [-0.1, -0.05) is 30.3 Å². The number of furan rings is 1. The summed E-state index contributed by atoms with van der Waals surface area (Å²) in [7, 11) is 0. The summed E-state index contributed by atoms with van der Waals surface area (Å²) < 4.78 is 22.9. The predicted octanol–water partition coefficient (Wildman–Crippen LogP) is 6.19. The van der Waals surface area contributed by atoms with Gasteiger partial charge in [-0.05, 0) is 35.9 Å². The Morgan fingerprint density at radius 3 is 2.62 bits per heavy atom. The van der Waals surface area contributed by atoms with Crippen LogP contribution in [0.15, 0.2) is 83.7 Å². The van der Waals surface area contributed by atoms with Crippen molar-refractivity contribution in [1.29, 1.82) is 5.26 Å². The Kier molecular flexibility index (Phi) is 4.02. The lowest BCUT2D eigenvalue weighted by atomic mass is 10.1. The molecule has 0 aliphatic rings. The standard InChI is InChI=1S/C26H15FN4O/c27-21-13-22-20(12-19(21)25-11-17-3-1-2-4-24(17)32-25)26-23(14-29-22)30-15-31(26)18-7-5-16(6-8-18)9-10-28/h1-8,11-15H,9H2. The van der Waals surface area contributed by atoms with Crippen molar-refractivity contribution in [3.8, 4) is 23.1 Å². The lowest BCUT2D eigenvalue weighted by molar-refractivity contribution is 0.602. The number of halogens is 1. The normalized spacial score (nSPS) is 11.4. The average Bonchev–Trinajstić information content (AvgIpc) is 3.44. The summed E-state index contributed by atoms with van der Waals surface area (Å²) in [5.41, 5.74) is 5.01. The molecule has 32 heavy (non-hydrogen) atoms. The van der Waals surface area contributed by atoms with Gasteiger partial charge in [-0.15, -0.1) is 0 Å². The van der Waals surface area contributed by atoms with Gasteiger partial charge in [0.2, 0.25) is 0 Å². The summed E-state index contributed by atoms with van der Waals surface area (Å²) in [5.74, 6) is 0.0739. The number of nitriles is 1. The van der Waals surface area contributed by atoms with Crippen molar-refractivity contribution < 1.29 is 8.81 Å². The number of aromatic nitrogens is 3. The monoisotopic (exact) mass is 418 g/mol. The molecule has 0 fully saturated rings. The van der Waals surface area contributed by atoms with E-state index in [4.69, 9.17) is 9.68 Å². The second kappa shape index (κ2) is 7.03. The van der Waals surface area contributed by atoms with E-state index in [1.54, 1.807) is 18.6 Å². The van der Waals surface area contributed by atoms with Crippen molar-refractivity contribution in [3.63, 3.8) is 0 Å². The Balaban J connectivity index is 1.58. The molecule has 3 aromatic carbocycles. The minimum Gasteiger partial charge on any atom is -0.456 e. The van der Waals surface area contributed by atoms with Crippen LogP contribution in [0.4, 0.5) is 4.39 Å². The van der Waals surface area contributed by atoms with Gasteiger partial charge in [0, 0.05) is 22.5 Å². The molecule has 6 aromatic rings. The largest absolute Gasteiger partial charge is 0.456 e. The Labute approximate surface area is 182 Å². The summed E-state index contributed by atoms with van der Waals surface area (Å²) >= 11 is 0. The topological polar surface area (TPSA) is 67.6 Å². The van der Waals surface area contributed by atoms with E-state index in [0.29, 0.717) is 34.4 Å². The third kappa shape index (κ3) is 2.83. The van der Waals surface area contributed by atoms with Crippen molar-refractivity contribution in [1.82, 2.24) is 14.5 Å². The Bertz CT molecular complexity index is 1640. The number of imidazole rings is 1. The summed E-state index contributed by atoms with van der Waals surface area (Å²) in [5, 5.41) is 10.6. The molecule has 0 bridgehead atoms. The molecule has 0 N–H and O–H groups in total. The van der Waals surface area contributed by atoms with Gasteiger partial charge in [-0.3, -0.25) is 9.55 Å². The van der Waals surface area contributed by atoms with Crippen LogP contribution in [-0.2, 0) is 6.42 Å². The predicted molar refractivity (Wildman–Crippen MR) is 121 cm³/mol. The van der Waals surface area contributed by atoms with E-state index < -0.39 is 5.82 Å². The summed E-state index contributed by atoms with van der Waals surface area (Å²) in [6.45, 7) is 0. The van der Waals surface area contributed by atoms with Crippen LogP contribution in [0.5, 0.6) is 0 Å². The van der Waals surface area contributed by atoms with E-state index >= 15 is 4.39 Å². The lowest BCUT2D eigenvalue weighted by Gasteiger charge is -2.09. The van der Waals surface area contributed by atoms with Crippen LogP contribution in [0.25, 0.3) is 49.9 Å². The molecule has 152 valence electrons. The maximum absolute atomic E-state index is 15.1. The van der Waals surface area contributed by atoms with Crippen LogP contribution in [0.2, 0.25) is 0 Å². The van der Waals surface area contributed by atoms with E-state index in [1.807, 2.05) is 59.2 Å². The summed E-state index contributed by atoms with van der Waals surface area (Å²) in [6.07, 6.45) is 3.74. The number of hydrogen-bond donors (Lipinski definition) is 0.